The summed E-state index contributed by atoms with van der Waals surface area (Å²) >= 11 is 3.67. The minimum absolute atomic E-state index is 0.422. The van der Waals surface area contributed by atoms with E-state index >= 15 is 0 Å². The number of hydrogen-bond acceptors (Lipinski definition) is 5. The number of nitrogens with one attached hydrogen (secondary N) is 1. The molecular formula is C24H30BrNO4. The SMILES string of the molecule is COc1cc(CNC2CCCCCC2)cc(Br)c1OCc1ccc2c(c1)OCCO2. The van der Waals surface area contributed by atoms with Gasteiger partial charge >= 0.3 is 0 Å². The summed E-state index contributed by atoms with van der Waals surface area (Å²) in [6.07, 6.45) is 7.94. The number of rotatable bonds is 7. The number of hydrogen-bond donors (Lipinski definition) is 1. The summed E-state index contributed by atoms with van der Waals surface area (Å²) in [5.41, 5.74) is 2.21. The average Bonchev–Trinajstić information content (AvgIpc) is 3.05. The molecule has 6 heteroatoms. The van der Waals surface area contributed by atoms with Gasteiger partial charge in [-0.05, 0) is 64.2 Å². The van der Waals surface area contributed by atoms with Crippen molar-refractivity contribution in [2.75, 3.05) is 20.3 Å². The fourth-order valence-corrected chi connectivity index (χ4v) is 4.70. The van der Waals surface area contributed by atoms with E-state index in [1.165, 1.54) is 44.1 Å². The van der Waals surface area contributed by atoms with Gasteiger partial charge in [-0.15, -0.1) is 0 Å². The molecule has 2 aliphatic rings. The molecule has 0 amide bonds. The normalized spacial score (nSPS) is 16.7. The van der Waals surface area contributed by atoms with Gasteiger partial charge in [0.05, 0.1) is 11.6 Å². The number of halogens is 1. The van der Waals surface area contributed by atoms with Crippen LogP contribution >= 0.6 is 15.9 Å². The monoisotopic (exact) mass is 475 g/mol. The molecule has 4 rings (SSSR count). The molecular weight excluding hydrogens is 446 g/mol. The summed E-state index contributed by atoms with van der Waals surface area (Å²) < 4.78 is 23.9. The van der Waals surface area contributed by atoms with Gasteiger partial charge in [0.1, 0.15) is 19.8 Å². The quantitative estimate of drug-likeness (QED) is 0.526. The molecule has 1 fully saturated rings. The zero-order valence-corrected chi connectivity index (χ0v) is 19.1. The highest BCUT2D eigenvalue weighted by atomic mass is 79.9. The smallest absolute Gasteiger partial charge is 0.175 e. The predicted octanol–water partition coefficient (Wildman–Crippen LogP) is 5.62. The first-order valence-electron chi connectivity index (χ1n) is 10.8. The van der Waals surface area contributed by atoms with Gasteiger partial charge in [-0.3, -0.25) is 0 Å². The van der Waals surface area contributed by atoms with Gasteiger partial charge in [0.25, 0.3) is 0 Å². The van der Waals surface area contributed by atoms with Crippen LogP contribution < -0.4 is 24.3 Å². The van der Waals surface area contributed by atoms with E-state index in [1.807, 2.05) is 18.2 Å². The lowest BCUT2D eigenvalue weighted by atomic mass is 10.1. The number of benzene rings is 2. The van der Waals surface area contributed by atoms with Crippen LogP contribution in [0, 0.1) is 0 Å². The van der Waals surface area contributed by atoms with E-state index in [4.69, 9.17) is 18.9 Å². The van der Waals surface area contributed by atoms with E-state index in [0.29, 0.717) is 31.6 Å². The summed E-state index contributed by atoms with van der Waals surface area (Å²) in [7, 11) is 1.68. The largest absolute Gasteiger partial charge is 0.493 e. The molecule has 0 radical (unpaired) electrons. The Labute approximate surface area is 187 Å². The fraction of sp³-hybridized carbons (Fsp3) is 0.500. The molecule has 0 atom stereocenters. The van der Waals surface area contributed by atoms with Crippen LogP contribution in [0.1, 0.15) is 49.7 Å². The summed E-state index contributed by atoms with van der Waals surface area (Å²) in [5, 5.41) is 3.72. The van der Waals surface area contributed by atoms with Crippen molar-refractivity contribution in [2.24, 2.45) is 0 Å². The second-order valence-electron chi connectivity index (χ2n) is 7.95. The molecule has 0 unspecified atom stereocenters. The van der Waals surface area contributed by atoms with E-state index in [0.717, 1.165) is 33.8 Å². The molecule has 0 saturated heterocycles. The third-order valence-corrected chi connectivity index (χ3v) is 6.32. The highest BCUT2D eigenvalue weighted by Gasteiger charge is 2.16. The molecule has 0 bridgehead atoms. The molecule has 1 saturated carbocycles. The van der Waals surface area contributed by atoms with E-state index in [9.17, 15) is 0 Å². The predicted molar refractivity (Wildman–Crippen MR) is 121 cm³/mol. The maximum absolute atomic E-state index is 6.11. The molecule has 5 nitrogen and oxygen atoms in total. The van der Waals surface area contributed by atoms with Crippen molar-refractivity contribution in [3.8, 4) is 23.0 Å². The Balaban J connectivity index is 1.40. The standard InChI is InChI=1S/C24H30BrNO4/c1-27-23-14-18(15-26-19-6-4-2-3-5-7-19)12-20(25)24(23)30-16-17-8-9-21-22(13-17)29-11-10-28-21/h8-9,12-14,19,26H,2-7,10-11,15-16H2,1H3. The van der Waals surface area contributed by atoms with Crippen molar-refractivity contribution in [1.82, 2.24) is 5.32 Å². The molecule has 0 spiro atoms. The van der Waals surface area contributed by atoms with E-state index in [-0.39, 0.29) is 0 Å². The van der Waals surface area contributed by atoms with Crippen molar-refractivity contribution in [3.05, 3.63) is 45.9 Å². The summed E-state index contributed by atoms with van der Waals surface area (Å²) in [6, 6.07) is 10.7. The van der Waals surface area contributed by atoms with Crippen LogP contribution in [0.15, 0.2) is 34.8 Å². The van der Waals surface area contributed by atoms with Crippen molar-refractivity contribution in [2.45, 2.75) is 57.7 Å². The van der Waals surface area contributed by atoms with Crippen LogP contribution in [-0.2, 0) is 13.2 Å². The highest BCUT2D eigenvalue weighted by molar-refractivity contribution is 9.10. The van der Waals surface area contributed by atoms with Crippen molar-refractivity contribution < 1.29 is 18.9 Å². The average molecular weight is 476 g/mol. The van der Waals surface area contributed by atoms with Gasteiger partial charge in [0.2, 0.25) is 0 Å². The molecule has 0 aromatic heterocycles. The topological polar surface area (TPSA) is 49.0 Å². The van der Waals surface area contributed by atoms with E-state index in [2.05, 4.69) is 33.4 Å². The van der Waals surface area contributed by atoms with E-state index < -0.39 is 0 Å². The van der Waals surface area contributed by atoms with Crippen LogP contribution in [0.3, 0.4) is 0 Å². The minimum Gasteiger partial charge on any atom is -0.493 e. The molecule has 162 valence electrons. The molecule has 1 aliphatic heterocycles. The Morgan fingerprint density at radius 3 is 2.50 bits per heavy atom. The molecule has 2 aromatic rings. The van der Waals surface area contributed by atoms with Gasteiger partial charge in [-0.25, -0.2) is 0 Å². The van der Waals surface area contributed by atoms with Gasteiger partial charge in [0.15, 0.2) is 23.0 Å². The molecule has 2 aromatic carbocycles. The maximum Gasteiger partial charge on any atom is 0.175 e. The van der Waals surface area contributed by atoms with Crippen LogP contribution in [0.2, 0.25) is 0 Å². The molecule has 1 aliphatic carbocycles. The number of fused-ring (bicyclic) bond motifs is 1. The minimum atomic E-state index is 0.422. The fourth-order valence-electron chi connectivity index (χ4n) is 4.09. The molecule has 1 heterocycles. The van der Waals surface area contributed by atoms with Crippen molar-refractivity contribution in [1.29, 1.82) is 0 Å². The maximum atomic E-state index is 6.11. The molecule has 30 heavy (non-hydrogen) atoms. The Kier molecular flexibility index (Phi) is 7.39. The summed E-state index contributed by atoms with van der Waals surface area (Å²) in [4.78, 5) is 0. The third-order valence-electron chi connectivity index (χ3n) is 5.73. The molecule has 1 N–H and O–H groups in total. The Hall–Kier alpha value is -1.92. The van der Waals surface area contributed by atoms with Gasteiger partial charge in [-0.2, -0.15) is 0 Å². The lowest BCUT2D eigenvalue weighted by Crippen LogP contribution is -2.27. The lowest BCUT2D eigenvalue weighted by molar-refractivity contribution is 0.171. The first-order valence-corrected chi connectivity index (χ1v) is 11.6. The number of ether oxygens (including phenoxy) is 4. The zero-order valence-electron chi connectivity index (χ0n) is 17.5. The van der Waals surface area contributed by atoms with Gasteiger partial charge < -0.3 is 24.3 Å². The summed E-state index contributed by atoms with van der Waals surface area (Å²) in [6.45, 7) is 2.43. The van der Waals surface area contributed by atoms with Crippen LogP contribution in [0.4, 0.5) is 0 Å². The third kappa shape index (κ3) is 5.41. The van der Waals surface area contributed by atoms with Crippen LogP contribution in [0.5, 0.6) is 23.0 Å². The second kappa shape index (κ2) is 10.4. The van der Waals surface area contributed by atoms with Gasteiger partial charge in [0, 0.05) is 12.6 Å². The highest BCUT2D eigenvalue weighted by Crippen LogP contribution is 2.38. The first-order chi connectivity index (χ1) is 14.7. The number of methoxy groups -OCH3 is 1. The first kappa shape index (κ1) is 21.3. The van der Waals surface area contributed by atoms with Gasteiger partial charge in [-0.1, -0.05) is 31.7 Å². The Morgan fingerprint density at radius 2 is 1.73 bits per heavy atom. The van der Waals surface area contributed by atoms with Crippen LogP contribution in [-0.4, -0.2) is 26.4 Å². The van der Waals surface area contributed by atoms with E-state index in [1.54, 1.807) is 7.11 Å². The lowest BCUT2D eigenvalue weighted by Gasteiger charge is -2.20. The Bertz CT molecular complexity index is 849. The van der Waals surface area contributed by atoms with Crippen molar-refractivity contribution >= 4 is 15.9 Å². The van der Waals surface area contributed by atoms with Crippen molar-refractivity contribution in [3.63, 3.8) is 0 Å². The Morgan fingerprint density at radius 1 is 0.967 bits per heavy atom. The zero-order chi connectivity index (χ0) is 20.8. The summed E-state index contributed by atoms with van der Waals surface area (Å²) in [5.74, 6) is 3.01. The second-order valence-corrected chi connectivity index (χ2v) is 8.80. The van der Waals surface area contributed by atoms with Crippen LogP contribution in [0.25, 0.3) is 0 Å².